The van der Waals surface area contributed by atoms with Crippen molar-refractivity contribution in [2.24, 2.45) is 4.99 Å². The van der Waals surface area contributed by atoms with Crippen LogP contribution in [0.15, 0.2) is 124 Å². The van der Waals surface area contributed by atoms with Crippen LogP contribution in [0.1, 0.15) is 46.9 Å². The first kappa shape index (κ1) is 32.2. The Kier molecular flexibility index (Phi) is 9.63. The number of benzene rings is 4. The number of esters is 1. The summed E-state index contributed by atoms with van der Waals surface area (Å²) < 4.78 is 18.5. The molecule has 1 N–H and O–H groups in total. The van der Waals surface area contributed by atoms with Crippen LogP contribution in [-0.2, 0) is 16.1 Å². The van der Waals surface area contributed by atoms with Gasteiger partial charge in [-0.05, 0) is 85.1 Å². The Morgan fingerprint density at radius 2 is 1.69 bits per heavy atom. The highest BCUT2D eigenvalue weighted by Gasteiger charge is 2.32. The molecule has 0 bridgehead atoms. The normalized spacial score (nSPS) is 14.1. The van der Waals surface area contributed by atoms with Gasteiger partial charge in [-0.25, -0.2) is 9.79 Å². The second kappa shape index (κ2) is 14.4. The molecule has 2 heterocycles. The van der Waals surface area contributed by atoms with Gasteiger partial charge < -0.3 is 19.5 Å². The van der Waals surface area contributed by atoms with Gasteiger partial charge in [0.2, 0.25) is 0 Å². The lowest BCUT2D eigenvalue weighted by molar-refractivity contribution is -0.113. The third-order valence-corrected chi connectivity index (χ3v) is 8.74. The van der Waals surface area contributed by atoms with E-state index in [-0.39, 0.29) is 17.4 Å². The van der Waals surface area contributed by atoms with Crippen molar-refractivity contribution in [3.63, 3.8) is 0 Å². The highest BCUT2D eigenvalue weighted by atomic mass is 32.1. The summed E-state index contributed by atoms with van der Waals surface area (Å²) in [6, 6.07) is 30.4. The number of carbonyl (C=O) groups excluding carboxylic acids is 2. The second-order valence-corrected chi connectivity index (χ2v) is 12.0. The van der Waals surface area contributed by atoms with Crippen molar-refractivity contribution in [1.82, 2.24) is 4.57 Å². The number of nitrogens with one attached hydrogen (secondary N) is 1. The molecule has 1 aliphatic rings. The smallest absolute Gasteiger partial charge is 0.338 e. The Morgan fingerprint density at radius 3 is 2.40 bits per heavy atom. The summed E-state index contributed by atoms with van der Waals surface area (Å²) in [6.07, 6.45) is 1.81. The number of aromatic nitrogens is 1. The highest BCUT2D eigenvalue weighted by Crippen LogP contribution is 2.32. The number of methoxy groups -OCH3 is 1. The summed E-state index contributed by atoms with van der Waals surface area (Å²) in [5.41, 5.74) is 4.23. The summed E-state index contributed by atoms with van der Waals surface area (Å²) >= 11 is 1.27. The number of hydrogen-bond donors (Lipinski definition) is 1. The second-order valence-electron chi connectivity index (χ2n) is 11.0. The van der Waals surface area contributed by atoms with Crippen molar-refractivity contribution in [2.75, 3.05) is 19.0 Å². The van der Waals surface area contributed by atoms with Crippen LogP contribution in [0.5, 0.6) is 11.5 Å². The van der Waals surface area contributed by atoms with Crippen LogP contribution in [0.3, 0.4) is 0 Å². The monoisotopic (exact) mass is 659 g/mol. The van der Waals surface area contributed by atoms with E-state index in [2.05, 4.69) is 5.32 Å². The van der Waals surface area contributed by atoms with Gasteiger partial charge in [-0.2, -0.15) is 0 Å². The molecular weight excluding hydrogens is 627 g/mol. The topological polar surface area (TPSA) is 108 Å². The minimum atomic E-state index is -0.718. The van der Waals surface area contributed by atoms with E-state index in [1.165, 1.54) is 11.3 Å². The first-order valence-electron chi connectivity index (χ1n) is 15.4. The lowest BCUT2D eigenvalue weighted by Crippen LogP contribution is -2.40. The van der Waals surface area contributed by atoms with Gasteiger partial charge >= 0.3 is 5.97 Å². The van der Waals surface area contributed by atoms with Crippen molar-refractivity contribution in [3.8, 4) is 11.5 Å². The third kappa shape index (κ3) is 6.98. The Bertz CT molecular complexity index is 2170. The molecule has 0 spiro atoms. The van der Waals surface area contributed by atoms with Gasteiger partial charge in [0, 0.05) is 5.69 Å². The van der Waals surface area contributed by atoms with E-state index in [9.17, 15) is 14.4 Å². The summed E-state index contributed by atoms with van der Waals surface area (Å²) in [4.78, 5) is 44.9. The molecule has 6 rings (SSSR count). The summed E-state index contributed by atoms with van der Waals surface area (Å²) in [5, 5.41) is 2.97. The SMILES string of the molecule is CCOC(=O)c1ccc(COc2ccc(/C=c3\sc4n(c3=O)[C@H](c3cccc(OC)c3)C(C(=O)Nc3ccccc3)=C(C)N=4)cc2)cc1. The Hall–Kier alpha value is -5.74. The van der Waals surface area contributed by atoms with Gasteiger partial charge in [-0.1, -0.05) is 65.9 Å². The molecule has 1 amide bonds. The van der Waals surface area contributed by atoms with E-state index < -0.39 is 6.04 Å². The summed E-state index contributed by atoms with van der Waals surface area (Å²) in [5.74, 6) is 0.580. The van der Waals surface area contributed by atoms with E-state index in [0.29, 0.717) is 56.6 Å². The number of amides is 1. The maximum Gasteiger partial charge on any atom is 0.338 e. The minimum Gasteiger partial charge on any atom is -0.497 e. The lowest BCUT2D eigenvalue weighted by Gasteiger charge is -2.25. The number of para-hydroxylation sites is 1. The van der Waals surface area contributed by atoms with Crippen LogP contribution in [0.25, 0.3) is 6.08 Å². The predicted octanol–water partition coefficient (Wildman–Crippen LogP) is 5.64. The van der Waals surface area contributed by atoms with Crippen LogP contribution < -0.4 is 29.7 Å². The molecule has 1 aromatic heterocycles. The molecule has 0 saturated carbocycles. The molecule has 5 aromatic rings. The quantitative estimate of drug-likeness (QED) is 0.195. The molecule has 0 fully saturated rings. The van der Waals surface area contributed by atoms with Crippen molar-refractivity contribution in [3.05, 3.63) is 156 Å². The average Bonchev–Trinajstić information content (AvgIpc) is 3.41. The lowest BCUT2D eigenvalue weighted by atomic mass is 9.95. The molecule has 0 saturated heterocycles. The van der Waals surface area contributed by atoms with E-state index in [4.69, 9.17) is 19.2 Å². The van der Waals surface area contributed by atoms with Crippen molar-refractivity contribution >= 4 is 35.0 Å². The molecule has 4 aromatic carbocycles. The standard InChI is InChI=1S/C38H33N3O6S/c1-4-46-37(44)27-17-13-26(14-18-27)23-47-30-19-15-25(16-20-30)21-32-36(43)41-34(28-9-8-12-31(22-28)45-3)33(24(2)39-38(41)48-32)35(42)40-29-10-6-5-7-11-29/h5-22,34H,4,23H2,1-3H3,(H,40,42)/b32-21-/t34-/m1/s1. The van der Waals surface area contributed by atoms with E-state index in [1.807, 2.05) is 97.1 Å². The Labute approximate surface area is 281 Å². The first-order valence-corrected chi connectivity index (χ1v) is 16.2. The number of allylic oxidation sites excluding steroid dienone is 1. The fourth-order valence-electron chi connectivity index (χ4n) is 5.39. The van der Waals surface area contributed by atoms with Crippen LogP contribution in [0, 0.1) is 0 Å². The number of carbonyl (C=O) groups is 2. The molecule has 0 unspecified atom stereocenters. The number of hydrogen-bond acceptors (Lipinski definition) is 8. The molecular formula is C38H33N3O6S. The van der Waals surface area contributed by atoms with E-state index in [0.717, 1.165) is 16.7 Å². The van der Waals surface area contributed by atoms with Gasteiger partial charge in [0.05, 0.1) is 41.1 Å². The Morgan fingerprint density at radius 1 is 0.938 bits per heavy atom. The number of rotatable bonds is 10. The van der Waals surface area contributed by atoms with Crippen molar-refractivity contribution < 1.29 is 23.8 Å². The maximum atomic E-state index is 14.1. The minimum absolute atomic E-state index is 0.254. The predicted molar refractivity (Wildman–Crippen MR) is 185 cm³/mol. The van der Waals surface area contributed by atoms with Gasteiger partial charge in [0.25, 0.3) is 11.5 Å². The van der Waals surface area contributed by atoms with Gasteiger partial charge in [0.1, 0.15) is 18.1 Å². The van der Waals surface area contributed by atoms with E-state index >= 15 is 0 Å². The van der Waals surface area contributed by atoms with Gasteiger partial charge in [-0.3, -0.25) is 14.2 Å². The van der Waals surface area contributed by atoms with Gasteiger partial charge in [-0.15, -0.1) is 0 Å². The summed E-state index contributed by atoms with van der Waals surface area (Å²) in [7, 11) is 1.58. The zero-order valence-electron chi connectivity index (χ0n) is 26.6. The van der Waals surface area contributed by atoms with Crippen LogP contribution in [0.4, 0.5) is 5.69 Å². The highest BCUT2D eigenvalue weighted by molar-refractivity contribution is 7.07. The molecule has 48 heavy (non-hydrogen) atoms. The van der Waals surface area contributed by atoms with Crippen molar-refractivity contribution in [2.45, 2.75) is 26.5 Å². The van der Waals surface area contributed by atoms with Crippen LogP contribution in [-0.4, -0.2) is 30.2 Å². The molecule has 242 valence electrons. The molecule has 10 heteroatoms. The number of nitrogens with zero attached hydrogens (tertiary/aromatic N) is 2. The molecule has 1 atom stereocenters. The zero-order chi connectivity index (χ0) is 33.6. The first-order chi connectivity index (χ1) is 23.3. The third-order valence-electron chi connectivity index (χ3n) is 7.76. The molecule has 0 aliphatic carbocycles. The molecule has 1 aliphatic heterocycles. The zero-order valence-corrected chi connectivity index (χ0v) is 27.5. The number of thiazole rings is 1. The molecule has 9 nitrogen and oxygen atoms in total. The number of anilines is 1. The van der Waals surface area contributed by atoms with Crippen LogP contribution >= 0.6 is 11.3 Å². The molecule has 0 radical (unpaired) electrons. The number of ether oxygens (including phenoxy) is 3. The van der Waals surface area contributed by atoms with Gasteiger partial charge in [0.15, 0.2) is 4.80 Å². The fraction of sp³-hybridized carbons (Fsp3) is 0.158. The average molecular weight is 660 g/mol. The largest absolute Gasteiger partial charge is 0.497 e. The Balaban J connectivity index is 1.28. The fourth-order valence-corrected chi connectivity index (χ4v) is 6.44. The summed E-state index contributed by atoms with van der Waals surface area (Å²) in [6.45, 7) is 4.21. The van der Waals surface area contributed by atoms with E-state index in [1.54, 1.807) is 37.7 Å². The maximum absolute atomic E-state index is 14.1. The van der Waals surface area contributed by atoms with Crippen molar-refractivity contribution in [1.29, 1.82) is 0 Å². The number of fused-ring (bicyclic) bond motifs is 1. The van der Waals surface area contributed by atoms with Crippen LogP contribution in [0.2, 0.25) is 0 Å².